The summed E-state index contributed by atoms with van der Waals surface area (Å²) in [4.78, 5) is 50.8. The van der Waals surface area contributed by atoms with Crippen molar-refractivity contribution < 1.29 is 59.9 Å². The number of carbonyl (C=O) groups excluding carboxylic acids is 4. The highest BCUT2D eigenvalue weighted by atomic mass is 32.2. The van der Waals surface area contributed by atoms with Crippen LogP contribution in [0.5, 0.6) is 0 Å². The molecule has 228 valence electrons. The summed E-state index contributed by atoms with van der Waals surface area (Å²) in [5.41, 5.74) is -0.569. The first-order valence-electron chi connectivity index (χ1n) is 14.3. The van der Waals surface area contributed by atoms with Crippen molar-refractivity contribution >= 4 is 34.0 Å². The molecule has 1 heterocycles. The third-order valence-electron chi connectivity index (χ3n) is 10.7. The number of hydrogen-bond donors (Lipinski definition) is 1. The lowest BCUT2D eigenvalue weighted by atomic mass is 9.50. The van der Waals surface area contributed by atoms with Gasteiger partial charge in [0.25, 0.3) is 0 Å². The Bertz CT molecular complexity index is 1220. The molecular weight excluding hydrogens is 570 g/mol. The minimum atomic E-state index is -5.74. The van der Waals surface area contributed by atoms with Crippen molar-refractivity contribution in [3.63, 3.8) is 0 Å². The van der Waals surface area contributed by atoms with Gasteiger partial charge < -0.3 is 18.9 Å². The molecule has 41 heavy (non-hydrogen) atoms. The fourth-order valence-electron chi connectivity index (χ4n) is 8.94. The number of fused-ring (bicyclic) bond motifs is 1. The maximum atomic E-state index is 13.7. The van der Waals surface area contributed by atoms with Gasteiger partial charge >= 0.3 is 39.2 Å². The van der Waals surface area contributed by atoms with Gasteiger partial charge in [-0.1, -0.05) is 0 Å². The summed E-state index contributed by atoms with van der Waals surface area (Å²) in [5.74, 6) is -2.90. The number of rotatable bonds is 10. The molecule has 7 fully saturated rings. The fraction of sp³-hybridized carbons (Fsp3) is 0.852. The third kappa shape index (κ3) is 4.82. The smallest absolute Gasteiger partial charge is 0.402 e. The fourth-order valence-corrected chi connectivity index (χ4v) is 9.15. The van der Waals surface area contributed by atoms with E-state index in [-0.39, 0.29) is 18.8 Å². The Morgan fingerprint density at radius 2 is 1.61 bits per heavy atom. The number of hydrogen-bond acceptors (Lipinski definition) is 10. The summed E-state index contributed by atoms with van der Waals surface area (Å²) >= 11 is 0. The van der Waals surface area contributed by atoms with Gasteiger partial charge in [0.05, 0.1) is 11.8 Å². The Hall–Kier alpha value is -2.35. The Kier molecular flexibility index (Phi) is 6.91. The highest BCUT2D eigenvalue weighted by molar-refractivity contribution is 7.86. The van der Waals surface area contributed by atoms with Gasteiger partial charge in [-0.3, -0.25) is 23.7 Å². The van der Waals surface area contributed by atoms with Gasteiger partial charge in [0, 0.05) is 24.7 Å². The summed E-state index contributed by atoms with van der Waals surface area (Å²) < 4.78 is 77.7. The average molecular weight is 605 g/mol. The maximum absolute atomic E-state index is 13.7. The number of carbonyl (C=O) groups is 4. The predicted octanol–water partition coefficient (Wildman–Crippen LogP) is 2.66. The van der Waals surface area contributed by atoms with Gasteiger partial charge in [0.15, 0.2) is 6.61 Å². The van der Waals surface area contributed by atoms with E-state index in [4.69, 9.17) is 18.8 Å². The van der Waals surface area contributed by atoms with Crippen LogP contribution in [-0.2, 0) is 48.2 Å². The Balaban J connectivity index is 1.04. The van der Waals surface area contributed by atoms with Crippen LogP contribution in [0.15, 0.2) is 0 Å². The van der Waals surface area contributed by atoms with Gasteiger partial charge in [-0.2, -0.15) is 17.2 Å². The molecule has 7 aliphatic rings. The molecule has 6 atom stereocenters. The minimum Gasteiger partial charge on any atom is -0.459 e. The van der Waals surface area contributed by atoms with Crippen molar-refractivity contribution in [3.8, 4) is 0 Å². The van der Waals surface area contributed by atoms with Crippen molar-refractivity contribution in [1.82, 2.24) is 0 Å². The zero-order chi connectivity index (χ0) is 29.5. The number of ether oxygens (including phenoxy) is 4. The van der Waals surface area contributed by atoms with Gasteiger partial charge in [-0.25, -0.2) is 0 Å². The summed E-state index contributed by atoms with van der Waals surface area (Å²) in [6.07, 6.45) is 3.56. The highest BCUT2D eigenvalue weighted by Crippen LogP contribution is 2.62. The molecule has 6 aliphatic carbocycles. The third-order valence-corrected chi connectivity index (χ3v) is 11.6. The van der Waals surface area contributed by atoms with E-state index in [1.807, 2.05) is 6.92 Å². The van der Waals surface area contributed by atoms with Crippen LogP contribution in [0.3, 0.4) is 0 Å². The molecule has 0 aromatic carbocycles. The van der Waals surface area contributed by atoms with Crippen LogP contribution in [0.4, 0.5) is 8.78 Å². The van der Waals surface area contributed by atoms with Gasteiger partial charge in [-0.05, 0) is 75.5 Å². The Morgan fingerprint density at radius 1 is 1.00 bits per heavy atom. The first kappa shape index (κ1) is 28.8. The molecule has 6 unspecified atom stereocenters. The normalized spacial score (nSPS) is 41.8. The molecule has 1 aliphatic heterocycles. The lowest BCUT2D eigenvalue weighted by Gasteiger charge is -2.59. The predicted molar refractivity (Wildman–Crippen MR) is 131 cm³/mol. The van der Waals surface area contributed by atoms with E-state index in [9.17, 15) is 36.4 Å². The molecule has 0 aromatic heterocycles. The molecular formula is C27H34F2O11S. The van der Waals surface area contributed by atoms with Crippen LogP contribution in [-0.4, -0.2) is 66.5 Å². The second-order valence-corrected chi connectivity index (χ2v) is 14.6. The summed E-state index contributed by atoms with van der Waals surface area (Å²) in [7, 11) is -5.74. The Morgan fingerprint density at radius 3 is 2.22 bits per heavy atom. The molecule has 0 spiro atoms. The van der Waals surface area contributed by atoms with E-state index >= 15 is 0 Å². The van der Waals surface area contributed by atoms with Gasteiger partial charge in [0.2, 0.25) is 0 Å². The molecule has 1 saturated heterocycles. The van der Waals surface area contributed by atoms with Crippen LogP contribution in [0.2, 0.25) is 0 Å². The SMILES string of the molecule is CC1(OC(=O)C2C3CC4C(OC(=O)C42)C3OC(=O)CCCC(=O)OCC(F)(F)S(=O)(=O)O)C2CC3CC(C2)CC1C3. The molecule has 6 bridgehead atoms. The monoisotopic (exact) mass is 604 g/mol. The molecule has 14 heteroatoms. The maximum Gasteiger partial charge on any atom is 0.402 e. The molecule has 1 N–H and O–H groups in total. The van der Waals surface area contributed by atoms with E-state index in [2.05, 4.69) is 4.74 Å². The zero-order valence-electron chi connectivity index (χ0n) is 22.5. The van der Waals surface area contributed by atoms with E-state index in [1.165, 1.54) is 6.42 Å². The zero-order valence-corrected chi connectivity index (χ0v) is 23.4. The first-order chi connectivity index (χ1) is 19.2. The van der Waals surface area contributed by atoms with Crippen LogP contribution in [0.25, 0.3) is 0 Å². The number of alkyl halides is 2. The summed E-state index contributed by atoms with van der Waals surface area (Å²) in [6, 6.07) is 0. The Labute approximate surface area is 235 Å². The highest BCUT2D eigenvalue weighted by Gasteiger charge is 2.71. The summed E-state index contributed by atoms with van der Waals surface area (Å²) in [6.45, 7) is 0.182. The van der Waals surface area contributed by atoms with Crippen LogP contribution >= 0.6 is 0 Å². The van der Waals surface area contributed by atoms with E-state index in [0.29, 0.717) is 30.1 Å². The van der Waals surface area contributed by atoms with E-state index in [1.54, 1.807) is 0 Å². The standard InChI is InChI=1S/C27H34F2O11S/c1-26(14-6-12-5-13(8-14)9-15(26)7-12)40-25(33)21-17-10-16-20(21)24(32)39-23(16)22(17)38-19(31)4-2-3-18(30)37-11-27(28,29)41(34,35)36/h12-17,20-23H,2-11H2,1H3,(H,34,35,36). The average Bonchev–Trinajstić information content (AvgIpc) is 3.49. The van der Waals surface area contributed by atoms with Crippen molar-refractivity contribution in [1.29, 1.82) is 0 Å². The molecule has 6 saturated carbocycles. The van der Waals surface area contributed by atoms with E-state index in [0.717, 1.165) is 25.7 Å². The second kappa shape index (κ2) is 9.85. The second-order valence-electron chi connectivity index (χ2n) is 13.0. The molecule has 0 amide bonds. The van der Waals surface area contributed by atoms with Crippen molar-refractivity contribution in [2.75, 3.05) is 6.61 Å². The lowest BCUT2D eigenvalue weighted by Crippen LogP contribution is -2.59. The van der Waals surface area contributed by atoms with Gasteiger partial charge in [-0.15, -0.1) is 0 Å². The molecule has 7 rings (SSSR count). The van der Waals surface area contributed by atoms with Crippen molar-refractivity contribution in [2.45, 2.75) is 87.8 Å². The number of esters is 4. The van der Waals surface area contributed by atoms with E-state index < -0.39 is 87.8 Å². The lowest BCUT2D eigenvalue weighted by molar-refractivity contribution is -0.211. The topological polar surface area (TPSA) is 160 Å². The summed E-state index contributed by atoms with van der Waals surface area (Å²) in [5, 5.41) is -4.65. The molecule has 0 radical (unpaired) electrons. The van der Waals surface area contributed by atoms with Crippen LogP contribution in [0.1, 0.15) is 64.7 Å². The largest absolute Gasteiger partial charge is 0.459 e. The van der Waals surface area contributed by atoms with Crippen LogP contribution in [0, 0.1) is 47.3 Å². The van der Waals surface area contributed by atoms with Crippen molar-refractivity contribution in [3.05, 3.63) is 0 Å². The van der Waals surface area contributed by atoms with Crippen LogP contribution < -0.4 is 0 Å². The van der Waals surface area contributed by atoms with Crippen molar-refractivity contribution in [2.24, 2.45) is 47.3 Å². The quantitative estimate of drug-likeness (QED) is 0.222. The molecule has 0 aromatic rings. The minimum absolute atomic E-state index is 0.141. The number of halogens is 2. The first-order valence-corrected chi connectivity index (χ1v) is 15.7. The molecule has 11 nitrogen and oxygen atoms in total. The van der Waals surface area contributed by atoms with Gasteiger partial charge in [0.1, 0.15) is 17.8 Å².